The molecular formula is C26H22N6O3S3. The van der Waals surface area contributed by atoms with Crippen molar-refractivity contribution in [2.24, 2.45) is 0 Å². The highest BCUT2D eigenvalue weighted by molar-refractivity contribution is 7.92. The summed E-state index contributed by atoms with van der Waals surface area (Å²) in [5, 5.41) is 13.5. The first kappa shape index (κ1) is 24.5. The molecule has 0 spiro atoms. The molecule has 0 saturated carbocycles. The van der Waals surface area contributed by atoms with Crippen molar-refractivity contribution in [2.45, 2.75) is 13.1 Å². The van der Waals surface area contributed by atoms with Gasteiger partial charge in [-0.2, -0.15) is 0 Å². The molecule has 1 aliphatic rings. The fourth-order valence-corrected chi connectivity index (χ4v) is 6.43. The summed E-state index contributed by atoms with van der Waals surface area (Å²) in [6.07, 6.45) is 1.12. The number of anilines is 1. The van der Waals surface area contributed by atoms with Crippen molar-refractivity contribution in [2.75, 3.05) is 17.5 Å². The van der Waals surface area contributed by atoms with Crippen LogP contribution in [0.3, 0.4) is 0 Å². The highest BCUT2D eigenvalue weighted by Crippen LogP contribution is 2.30. The second-order valence-electron chi connectivity index (χ2n) is 8.86. The SMILES string of the molecule is CS(=O)(=O)Nc1ccc(-c2nc(-c3nnc4n3CCN(C(=O)c3ccc(-c5cccs5)cc3)C4)cs2)cc1. The molecule has 1 aliphatic heterocycles. The smallest absolute Gasteiger partial charge is 0.254 e. The molecule has 0 atom stereocenters. The Balaban J connectivity index is 1.16. The van der Waals surface area contributed by atoms with E-state index < -0.39 is 10.0 Å². The molecule has 9 nitrogen and oxygen atoms in total. The van der Waals surface area contributed by atoms with Crippen molar-refractivity contribution in [3.63, 3.8) is 0 Å². The van der Waals surface area contributed by atoms with Gasteiger partial charge >= 0.3 is 0 Å². The van der Waals surface area contributed by atoms with Crippen molar-refractivity contribution in [3.05, 3.63) is 82.8 Å². The normalized spacial score (nSPS) is 13.3. The Labute approximate surface area is 227 Å². The Hall–Kier alpha value is -3.87. The van der Waals surface area contributed by atoms with Crippen LogP contribution in [0.1, 0.15) is 16.2 Å². The van der Waals surface area contributed by atoms with E-state index in [1.807, 2.05) is 57.8 Å². The summed E-state index contributed by atoms with van der Waals surface area (Å²) in [6, 6.07) is 18.9. The van der Waals surface area contributed by atoms with Crippen LogP contribution in [0.4, 0.5) is 5.69 Å². The van der Waals surface area contributed by atoms with Gasteiger partial charge in [0.2, 0.25) is 10.0 Å². The second-order valence-corrected chi connectivity index (χ2v) is 12.4. The van der Waals surface area contributed by atoms with Gasteiger partial charge in [0.25, 0.3) is 5.91 Å². The zero-order valence-corrected chi connectivity index (χ0v) is 22.7. The molecule has 0 aliphatic carbocycles. The van der Waals surface area contributed by atoms with Gasteiger partial charge in [0.1, 0.15) is 10.7 Å². The van der Waals surface area contributed by atoms with E-state index in [2.05, 4.69) is 21.0 Å². The van der Waals surface area contributed by atoms with Gasteiger partial charge in [0.05, 0.1) is 12.8 Å². The molecule has 0 unspecified atom stereocenters. The quantitative estimate of drug-likeness (QED) is 0.318. The number of carbonyl (C=O) groups excluding carboxylic acids is 1. The third-order valence-electron chi connectivity index (χ3n) is 6.15. The summed E-state index contributed by atoms with van der Waals surface area (Å²) in [5.74, 6) is 1.37. The number of carbonyl (C=O) groups is 1. The standard InChI is InChI=1S/C26H22N6O3S3/c1-38(34,35)30-20-10-8-18(9-11-20)25-27-21(16-37-25)24-29-28-23-15-31(12-13-32(23)24)26(33)19-6-4-17(5-7-19)22-3-2-14-36-22/h2-11,14,16,30H,12-13,15H2,1H3. The predicted molar refractivity (Wildman–Crippen MR) is 150 cm³/mol. The summed E-state index contributed by atoms with van der Waals surface area (Å²) < 4.78 is 27.3. The molecule has 0 fully saturated rings. The molecule has 0 bridgehead atoms. The molecule has 1 amide bonds. The van der Waals surface area contributed by atoms with E-state index in [1.165, 1.54) is 16.2 Å². The minimum atomic E-state index is -3.33. The molecule has 4 heterocycles. The number of fused-ring (bicyclic) bond motifs is 1. The number of amides is 1. The van der Waals surface area contributed by atoms with E-state index in [1.54, 1.807) is 28.4 Å². The van der Waals surface area contributed by atoms with Crippen LogP contribution in [0.5, 0.6) is 0 Å². The summed E-state index contributed by atoms with van der Waals surface area (Å²) in [6.45, 7) is 1.51. The van der Waals surface area contributed by atoms with Crippen molar-refractivity contribution in [3.8, 4) is 32.5 Å². The lowest BCUT2D eigenvalue weighted by atomic mass is 10.1. The van der Waals surface area contributed by atoms with Crippen LogP contribution >= 0.6 is 22.7 Å². The zero-order valence-electron chi connectivity index (χ0n) is 20.2. The number of aromatic nitrogens is 4. The maximum absolute atomic E-state index is 13.2. The number of thiophene rings is 1. The van der Waals surface area contributed by atoms with Gasteiger partial charge < -0.3 is 9.47 Å². The van der Waals surface area contributed by atoms with Crippen molar-refractivity contribution >= 4 is 44.3 Å². The lowest BCUT2D eigenvalue weighted by Gasteiger charge is -2.27. The Kier molecular flexibility index (Phi) is 6.30. The minimum absolute atomic E-state index is 0.0247. The maximum atomic E-state index is 13.2. The Morgan fingerprint density at radius 1 is 0.947 bits per heavy atom. The number of rotatable bonds is 6. The van der Waals surface area contributed by atoms with E-state index in [4.69, 9.17) is 4.98 Å². The highest BCUT2D eigenvalue weighted by atomic mass is 32.2. The summed E-state index contributed by atoms with van der Waals surface area (Å²) >= 11 is 3.15. The largest absolute Gasteiger partial charge is 0.329 e. The lowest BCUT2D eigenvalue weighted by Crippen LogP contribution is -2.38. The van der Waals surface area contributed by atoms with E-state index in [-0.39, 0.29) is 5.91 Å². The van der Waals surface area contributed by atoms with E-state index in [9.17, 15) is 13.2 Å². The molecule has 192 valence electrons. The van der Waals surface area contributed by atoms with E-state index in [0.717, 1.165) is 28.2 Å². The van der Waals surface area contributed by atoms with Gasteiger partial charge in [-0.3, -0.25) is 9.52 Å². The minimum Gasteiger partial charge on any atom is -0.329 e. The fourth-order valence-electron chi connectivity index (χ4n) is 4.33. The topological polar surface area (TPSA) is 110 Å². The average molecular weight is 563 g/mol. The van der Waals surface area contributed by atoms with E-state index in [0.29, 0.717) is 42.4 Å². The molecule has 6 rings (SSSR count). The number of benzene rings is 2. The first-order chi connectivity index (χ1) is 18.3. The number of hydrogen-bond acceptors (Lipinski definition) is 8. The first-order valence-corrected chi connectivity index (χ1v) is 15.4. The Bertz CT molecular complexity index is 1710. The summed E-state index contributed by atoms with van der Waals surface area (Å²) in [7, 11) is -3.33. The van der Waals surface area contributed by atoms with Gasteiger partial charge in [-0.15, -0.1) is 32.9 Å². The average Bonchev–Trinajstić information content (AvgIpc) is 3.68. The molecule has 1 N–H and O–H groups in total. The highest BCUT2D eigenvalue weighted by Gasteiger charge is 2.26. The Morgan fingerprint density at radius 3 is 2.42 bits per heavy atom. The lowest BCUT2D eigenvalue weighted by molar-refractivity contribution is 0.0708. The zero-order chi connectivity index (χ0) is 26.3. The molecule has 3 aromatic heterocycles. The van der Waals surface area contributed by atoms with Gasteiger partial charge in [-0.25, -0.2) is 13.4 Å². The molecule has 5 aromatic rings. The van der Waals surface area contributed by atoms with Crippen molar-refractivity contribution in [1.82, 2.24) is 24.6 Å². The molecular weight excluding hydrogens is 541 g/mol. The number of sulfonamides is 1. The van der Waals surface area contributed by atoms with Crippen LogP contribution in [0.15, 0.2) is 71.4 Å². The number of nitrogens with one attached hydrogen (secondary N) is 1. The summed E-state index contributed by atoms with van der Waals surface area (Å²) in [5.41, 5.74) is 3.84. The van der Waals surface area contributed by atoms with Crippen LogP contribution < -0.4 is 4.72 Å². The second kappa shape index (κ2) is 9.78. The van der Waals surface area contributed by atoms with Gasteiger partial charge in [-0.1, -0.05) is 18.2 Å². The molecule has 0 radical (unpaired) electrons. The van der Waals surface area contributed by atoms with Crippen LogP contribution in [-0.2, 0) is 23.1 Å². The van der Waals surface area contributed by atoms with Crippen LogP contribution in [-0.4, -0.2) is 51.8 Å². The third kappa shape index (κ3) is 4.97. The van der Waals surface area contributed by atoms with Crippen molar-refractivity contribution < 1.29 is 13.2 Å². The van der Waals surface area contributed by atoms with Crippen molar-refractivity contribution in [1.29, 1.82) is 0 Å². The van der Waals surface area contributed by atoms with Gasteiger partial charge in [0.15, 0.2) is 11.6 Å². The molecule has 38 heavy (non-hydrogen) atoms. The van der Waals surface area contributed by atoms with Gasteiger partial charge in [0, 0.05) is 40.2 Å². The van der Waals surface area contributed by atoms with Gasteiger partial charge in [-0.05, 0) is 53.4 Å². The molecule has 0 saturated heterocycles. The predicted octanol–water partition coefficient (Wildman–Crippen LogP) is 4.82. The molecule has 12 heteroatoms. The molecule has 2 aromatic carbocycles. The van der Waals surface area contributed by atoms with Crippen LogP contribution in [0.25, 0.3) is 32.5 Å². The number of thiazole rings is 1. The van der Waals surface area contributed by atoms with E-state index >= 15 is 0 Å². The maximum Gasteiger partial charge on any atom is 0.254 e. The third-order valence-corrected chi connectivity index (χ3v) is 8.56. The van der Waals surface area contributed by atoms with Crippen LogP contribution in [0, 0.1) is 0 Å². The number of nitrogens with zero attached hydrogens (tertiary/aromatic N) is 5. The summed E-state index contributed by atoms with van der Waals surface area (Å²) in [4.78, 5) is 20.9. The fraction of sp³-hybridized carbons (Fsp3) is 0.154. The van der Waals surface area contributed by atoms with Crippen LogP contribution in [0.2, 0.25) is 0 Å². The monoisotopic (exact) mass is 562 g/mol. The first-order valence-electron chi connectivity index (χ1n) is 11.7. The number of hydrogen-bond donors (Lipinski definition) is 1. The Morgan fingerprint density at radius 2 is 1.71 bits per heavy atom.